The highest BCUT2D eigenvalue weighted by molar-refractivity contribution is 5.87. The van der Waals surface area contributed by atoms with E-state index in [-0.39, 0.29) is 23.9 Å². The van der Waals surface area contributed by atoms with E-state index in [9.17, 15) is 4.79 Å². The highest BCUT2D eigenvalue weighted by atomic mass is 16.1. The minimum atomic E-state index is 0.146. The van der Waals surface area contributed by atoms with Gasteiger partial charge in [-0.25, -0.2) is 0 Å². The second-order valence-corrected chi connectivity index (χ2v) is 7.92. The van der Waals surface area contributed by atoms with Crippen LogP contribution in [0.1, 0.15) is 53.6 Å². The Labute approximate surface area is 150 Å². The molecule has 4 atom stereocenters. The summed E-state index contributed by atoms with van der Waals surface area (Å²) >= 11 is 0. The summed E-state index contributed by atoms with van der Waals surface area (Å²) in [5.74, 6) is 0.779. The number of carbonyl (C=O) groups excluding carboxylic acids is 1. The molecule has 2 aliphatic rings. The van der Waals surface area contributed by atoms with Gasteiger partial charge in [-0.05, 0) is 44.9 Å². The van der Waals surface area contributed by atoms with Crippen LogP contribution >= 0.6 is 0 Å². The minimum absolute atomic E-state index is 0.146. The highest BCUT2D eigenvalue weighted by Gasteiger charge is 2.49. The number of hydrogen-bond donors (Lipinski definition) is 0. The van der Waals surface area contributed by atoms with Gasteiger partial charge in [-0.15, -0.1) is 0 Å². The Morgan fingerprint density at radius 1 is 0.760 bits per heavy atom. The topological polar surface area (TPSA) is 20.3 Å². The third kappa shape index (κ3) is 2.83. The van der Waals surface area contributed by atoms with Crippen molar-refractivity contribution in [1.29, 1.82) is 0 Å². The van der Waals surface area contributed by atoms with Gasteiger partial charge in [-0.3, -0.25) is 9.69 Å². The smallest absolute Gasteiger partial charge is 0.142 e. The van der Waals surface area contributed by atoms with Crippen LogP contribution in [0.15, 0.2) is 48.5 Å². The Morgan fingerprint density at radius 3 is 1.56 bits per heavy atom. The standard InChI is InChI=1S/C23H27NO/c1-15-7-11-17(12-8-15)21-19-5-4-6-20(23(19)25)22(24(21)3)18-13-9-16(2)10-14-18/h7-14,19-22H,4-6H2,1-3H3. The fraction of sp³-hybridized carbons (Fsp3) is 0.435. The Bertz CT molecular complexity index is 698. The average Bonchev–Trinajstić information content (AvgIpc) is 2.60. The van der Waals surface area contributed by atoms with Crippen LogP contribution in [-0.2, 0) is 4.79 Å². The number of hydrogen-bond acceptors (Lipinski definition) is 2. The molecule has 25 heavy (non-hydrogen) atoms. The highest BCUT2D eigenvalue weighted by Crippen LogP contribution is 2.50. The largest absolute Gasteiger partial charge is 0.299 e. The number of rotatable bonds is 2. The monoisotopic (exact) mass is 333 g/mol. The molecule has 1 heterocycles. The van der Waals surface area contributed by atoms with E-state index in [0.29, 0.717) is 5.78 Å². The van der Waals surface area contributed by atoms with Crippen LogP contribution in [0, 0.1) is 25.7 Å². The summed E-state index contributed by atoms with van der Waals surface area (Å²) in [6.07, 6.45) is 3.22. The molecule has 0 amide bonds. The van der Waals surface area contributed by atoms with Gasteiger partial charge in [0, 0.05) is 23.9 Å². The molecule has 0 spiro atoms. The van der Waals surface area contributed by atoms with Gasteiger partial charge in [0.05, 0.1) is 0 Å². The number of nitrogens with zero attached hydrogens (tertiary/aromatic N) is 1. The van der Waals surface area contributed by atoms with E-state index >= 15 is 0 Å². The van der Waals surface area contributed by atoms with Gasteiger partial charge in [-0.1, -0.05) is 66.1 Å². The maximum absolute atomic E-state index is 13.2. The van der Waals surface area contributed by atoms with Crippen molar-refractivity contribution in [2.45, 2.75) is 45.2 Å². The van der Waals surface area contributed by atoms with Crippen molar-refractivity contribution in [2.75, 3.05) is 7.05 Å². The molecule has 0 N–H and O–H groups in total. The second-order valence-electron chi connectivity index (χ2n) is 7.92. The average molecular weight is 333 g/mol. The molecule has 1 saturated carbocycles. The molecule has 2 nitrogen and oxygen atoms in total. The third-order valence-corrected chi connectivity index (χ3v) is 6.24. The zero-order chi connectivity index (χ0) is 17.6. The molecule has 1 aliphatic heterocycles. The van der Waals surface area contributed by atoms with E-state index in [2.05, 4.69) is 74.3 Å². The maximum Gasteiger partial charge on any atom is 0.142 e. The van der Waals surface area contributed by atoms with Gasteiger partial charge in [0.15, 0.2) is 0 Å². The van der Waals surface area contributed by atoms with Gasteiger partial charge in [0.2, 0.25) is 0 Å². The maximum atomic E-state index is 13.2. The van der Waals surface area contributed by atoms with Crippen molar-refractivity contribution >= 4 is 5.78 Å². The first-order chi connectivity index (χ1) is 12.1. The van der Waals surface area contributed by atoms with Gasteiger partial charge in [0.25, 0.3) is 0 Å². The number of carbonyl (C=O) groups is 1. The summed E-state index contributed by atoms with van der Waals surface area (Å²) in [7, 11) is 2.22. The molecule has 2 fully saturated rings. The quantitative estimate of drug-likeness (QED) is 0.769. The number of aryl methyl sites for hydroxylation is 2. The fourth-order valence-corrected chi connectivity index (χ4v) is 4.95. The van der Waals surface area contributed by atoms with Gasteiger partial charge in [-0.2, -0.15) is 0 Å². The summed E-state index contributed by atoms with van der Waals surface area (Å²) in [5.41, 5.74) is 5.10. The Balaban J connectivity index is 1.77. The van der Waals surface area contributed by atoms with Crippen LogP contribution < -0.4 is 0 Å². The molecule has 1 saturated heterocycles. The van der Waals surface area contributed by atoms with Crippen molar-refractivity contribution in [1.82, 2.24) is 4.90 Å². The second kappa shape index (κ2) is 6.42. The van der Waals surface area contributed by atoms with Crippen LogP contribution in [0.5, 0.6) is 0 Å². The molecule has 130 valence electrons. The van der Waals surface area contributed by atoms with Crippen molar-refractivity contribution in [2.24, 2.45) is 11.8 Å². The van der Waals surface area contributed by atoms with Crippen LogP contribution in [0.3, 0.4) is 0 Å². The van der Waals surface area contributed by atoms with Crippen molar-refractivity contribution in [3.63, 3.8) is 0 Å². The molecule has 2 bridgehead atoms. The Morgan fingerprint density at radius 2 is 1.16 bits per heavy atom. The third-order valence-electron chi connectivity index (χ3n) is 6.24. The van der Waals surface area contributed by atoms with Crippen LogP contribution in [0.2, 0.25) is 0 Å². The molecule has 0 radical (unpaired) electrons. The molecular weight excluding hydrogens is 306 g/mol. The first-order valence-electron chi connectivity index (χ1n) is 9.45. The van der Waals surface area contributed by atoms with E-state index in [1.54, 1.807) is 0 Å². The van der Waals surface area contributed by atoms with E-state index in [0.717, 1.165) is 12.8 Å². The molecule has 2 heteroatoms. The normalized spacial score (nSPS) is 29.6. The fourth-order valence-electron chi connectivity index (χ4n) is 4.95. The molecule has 0 aromatic heterocycles. The predicted molar refractivity (Wildman–Crippen MR) is 101 cm³/mol. The minimum Gasteiger partial charge on any atom is -0.299 e. The lowest BCUT2D eigenvalue weighted by Gasteiger charge is -2.50. The summed E-state index contributed by atoms with van der Waals surface area (Å²) in [6.45, 7) is 4.23. The molecule has 2 aromatic rings. The molecule has 4 unspecified atom stereocenters. The van der Waals surface area contributed by atoms with E-state index < -0.39 is 0 Å². The SMILES string of the molecule is Cc1ccc(C2C3CCCC(C3=O)C(c3ccc(C)cc3)N2C)cc1. The number of fused-ring (bicyclic) bond motifs is 2. The first-order valence-corrected chi connectivity index (χ1v) is 9.45. The summed E-state index contributed by atoms with van der Waals surface area (Å²) in [5, 5.41) is 0. The van der Waals surface area contributed by atoms with Gasteiger partial charge >= 0.3 is 0 Å². The molecule has 1 aliphatic carbocycles. The lowest BCUT2D eigenvalue weighted by Crippen LogP contribution is -2.51. The Hall–Kier alpha value is -1.93. The first kappa shape index (κ1) is 16.5. The number of Topliss-reactive ketones (excluding diaryl/α,β-unsaturated/α-hetero) is 1. The zero-order valence-corrected chi connectivity index (χ0v) is 15.4. The number of benzene rings is 2. The lowest BCUT2D eigenvalue weighted by atomic mass is 9.66. The van der Waals surface area contributed by atoms with E-state index in [1.165, 1.54) is 28.7 Å². The van der Waals surface area contributed by atoms with Crippen molar-refractivity contribution in [3.05, 3.63) is 70.8 Å². The van der Waals surface area contributed by atoms with Crippen LogP contribution in [0.25, 0.3) is 0 Å². The summed E-state index contributed by atoms with van der Waals surface area (Å²) in [4.78, 5) is 15.7. The number of piperidine rings is 1. The van der Waals surface area contributed by atoms with E-state index in [4.69, 9.17) is 0 Å². The van der Waals surface area contributed by atoms with Crippen molar-refractivity contribution < 1.29 is 4.79 Å². The predicted octanol–water partition coefficient (Wildman–Crippen LogP) is 5.02. The molecule has 2 aromatic carbocycles. The van der Waals surface area contributed by atoms with Gasteiger partial charge < -0.3 is 0 Å². The summed E-state index contributed by atoms with van der Waals surface area (Å²) < 4.78 is 0. The zero-order valence-electron chi connectivity index (χ0n) is 15.4. The van der Waals surface area contributed by atoms with Crippen molar-refractivity contribution in [3.8, 4) is 0 Å². The Kier molecular flexibility index (Phi) is 4.24. The summed E-state index contributed by atoms with van der Waals surface area (Å²) in [6, 6.07) is 17.9. The van der Waals surface area contributed by atoms with Gasteiger partial charge in [0.1, 0.15) is 5.78 Å². The lowest BCUT2D eigenvalue weighted by molar-refractivity contribution is -0.143. The van der Waals surface area contributed by atoms with E-state index in [1.807, 2.05) is 0 Å². The molecular formula is C23H27NO. The molecule has 4 rings (SSSR count). The van der Waals surface area contributed by atoms with Crippen LogP contribution in [0.4, 0.5) is 0 Å². The number of ketones is 1. The van der Waals surface area contributed by atoms with Crippen LogP contribution in [-0.4, -0.2) is 17.7 Å². The number of likely N-dealkylation sites (tertiary alicyclic amines) is 1.